The molecule has 0 fully saturated rings. The molecule has 0 saturated carbocycles. The van der Waals surface area contributed by atoms with Crippen molar-refractivity contribution in [2.24, 2.45) is 0 Å². The minimum Gasteiger partial charge on any atom is -0.480 e. The highest BCUT2D eigenvalue weighted by atomic mass is 35.5. The quantitative estimate of drug-likeness (QED) is 0.710. The number of benzene rings is 1. The zero-order valence-electron chi connectivity index (χ0n) is 13.4. The zero-order chi connectivity index (χ0) is 18.6. The van der Waals surface area contributed by atoms with Gasteiger partial charge in [-0.1, -0.05) is 35.9 Å². The molecule has 1 aliphatic rings. The van der Waals surface area contributed by atoms with E-state index in [1.165, 1.54) is 12.1 Å². The van der Waals surface area contributed by atoms with Gasteiger partial charge in [-0.25, -0.2) is 4.79 Å². The Morgan fingerprint density at radius 2 is 1.80 bits per heavy atom. The number of esters is 1. The first-order valence-corrected chi connectivity index (χ1v) is 7.97. The fourth-order valence-electron chi connectivity index (χ4n) is 2.40. The zero-order valence-corrected chi connectivity index (χ0v) is 14.1. The van der Waals surface area contributed by atoms with Gasteiger partial charge in [0, 0.05) is 17.5 Å². The van der Waals surface area contributed by atoms with Gasteiger partial charge in [-0.2, -0.15) is 0 Å². The summed E-state index contributed by atoms with van der Waals surface area (Å²) < 4.78 is 4.75. The minimum atomic E-state index is -1.28. The number of ether oxygens (including phenoxy) is 1. The molecule has 2 rings (SSSR count). The van der Waals surface area contributed by atoms with Crippen molar-refractivity contribution in [1.82, 2.24) is 5.32 Å². The molecule has 1 aromatic rings. The van der Waals surface area contributed by atoms with Crippen LogP contribution in [0.25, 0.3) is 0 Å². The number of Topliss-reactive ketones (excluding diaryl/α,β-unsaturated/α-hetero) is 2. The third-order valence-corrected chi connectivity index (χ3v) is 3.98. The summed E-state index contributed by atoms with van der Waals surface area (Å²) in [5.74, 6) is -2.95. The molecule has 0 saturated heterocycles. The lowest BCUT2D eigenvalue weighted by Crippen LogP contribution is -2.41. The number of carbonyl (C=O) groups is 4. The van der Waals surface area contributed by atoms with Crippen LogP contribution in [0.2, 0.25) is 0 Å². The molecule has 132 valence electrons. The van der Waals surface area contributed by atoms with Gasteiger partial charge < -0.3 is 15.2 Å². The standard InChI is InChI=1S/C17H16ClNO6/c1-2-25-12(20)8-7-11(17(23)24)19-14-13(18)15(21)9-5-3-4-6-10(9)16(14)22/h3-6,11,19H,2,7-8H2,1H3,(H,23,24)/t11-/m0/s1. The van der Waals surface area contributed by atoms with Gasteiger partial charge in [-0.15, -0.1) is 0 Å². The molecule has 7 nitrogen and oxygen atoms in total. The minimum absolute atomic E-state index is 0.120. The lowest BCUT2D eigenvalue weighted by atomic mass is 9.92. The van der Waals surface area contributed by atoms with E-state index in [2.05, 4.69) is 5.32 Å². The van der Waals surface area contributed by atoms with Crippen molar-refractivity contribution in [3.63, 3.8) is 0 Å². The Labute approximate surface area is 148 Å². The summed E-state index contributed by atoms with van der Waals surface area (Å²) in [5, 5.41) is 11.4. The normalized spacial score (nSPS) is 14.8. The molecule has 0 bridgehead atoms. The second kappa shape index (κ2) is 7.94. The predicted octanol–water partition coefficient (Wildman–Crippen LogP) is 1.90. The average molecular weight is 366 g/mol. The number of carbonyl (C=O) groups excluding carboxylic acids is 3. The first-order valence-electron chi connectivity index (χ1n) is 7.60. The van der Waals surface area contributed by atoms with Crippen LogP contribution in [-0.4, -0.2) is 41.3 Å². The molecule has 1 aliphatic carbocycles. The summed E-state index contributed by atoms with van der Waals surface area (Å²) >= 11 is 5.98. The molecular formula is C17H16ClNO6. The molecule has 1 aromatic carbocycles. The summed E-state index contributed by atoms with van der Waals surface area (Å²) in [6.07, 6.45) is -0.271. The number of nitrogens with one attached hydrogen (secondary N) is 1. The van der Waals surface area contributed by atoms with Gasteiger partial charge in [-0.05, 0) is 13.3 Å². The van der Waals surface area contributed by atoms with E-state index in [-0.39, 0.29) is 41.3 Å². The highest BCUT2D eigenvalue weighted by Crippen LogP contribution is 2.27. The monoisotopic (exact) mass is 365 g/mol. The number of rotatable bonds is 7. The number of ketones is 2. The van der Waals surface area contributed by atoms with Crippen molar-refractivity contribution >= 4 is 35.1 Å². The molecule has 0 heterocycles. The van der Waals surface area contributed by atoms with Crippen molar-refractivity contribution < 1.29 is 29.0 Å². The molecule has 0 spiro atoms. The predicted molar refractivity (Wildman–Crippen MR) is 88.4 cm³/mol. The summed E-state index contributed by atoms with van der Waals surface area (Å²) in [4.78, 5) is 47.6. The van der Waals surface area contributed by atoms with Gasteiger partial charge in [-0.3, -0.25) is 14.4 Å². The van der Waals surface area contributed by atoms with E-state index in [4.69, 9.17) is 16.3 Å². The highest BCUT2D eigenvalue weighted by molar-refractivity contribution is 6.49. The van der Waals surface area contributed by atoms with Crippen molar-refractivity contribution in [1.29, 1.82) is 0 Å². The van der Waals surface area contributed by atoms with Crippen LogP contribution in [0, 0.1) is 0 Å². The number of halogens is 1. The first kappa shape index (κ1) is 18.7. The molecule has 1 atom stereocenters. The molecule has 25 heavy (non-hydrogen) atoms. The van der Waals surface area contributed by atoms with E-state index in [0.717, 1.165) is 0 Å². The van der Waals surface area contributed by atoms with Crippen LogP contribution in [0.15, 0.2) is 35.0 Å². The Bertz CT molecular complexity index is 770. The molecular weight excluding hydrogens is 350 g/mol. The fourth-order valence-corrected chi connectivity index (χ4v) is 2.64. The number of hydrogen-bond acceptors (Lipinski definition) is 6. The molecule has 8 heteroatoms. The lowest BCUT2D eigenvalue weighted by Gasteiger charge is -2.22. The summed E-state index contributed by atoms with van der Waals surface area (Å²) in [5.41, 5.74) is 0.0389. The molecule has 0 aliphatic heterocycles. The Hall–Kier alpha value is -2.67. The van der Waals surface area contributed by atoms with Crippen LogP contribution in [0.4, 0.5) is 0 Å². The highest BCUT2D eigenvalue weighted by Gasteiger charge is 2.33. The number of fused-ring (bicyclic) bond motifs is 1. The third kappa shape index (κ3) is 4.06. The molecule has 0 radical (unpaired) electrons. The maximum absolute atomic E-state index is 12.5. The maximum atomic E-state index is 12.5. The Balaban J connectivity index is 2.22. The van der Waals surface area contributed by atoms with Crippen molar-refractivity contribution in [2.45, 2.75) is 25.8 Å². The van der Waals surface area contributed by atoms with Crippen LogP contribution in [0.3, 0.4) is 0 Å². The van der Waals surface area contributed by atoms with Gasteiger partial charge in [0.05, 0.1) is 6.61 Å². The molecule has 2 N–H and O–H groups in total. The van der Waals surface area contributed by atoms with Crippen LogP contribution in [-0.2, 0) is 14.3 Å². The van der Waals surface area contributed by atoms with Gasteiger partial charge in [0.1, 0.15) is 16.8 Å². The van der Waals surface area contributed by atoms with Crippen molar-refractivity contribution in [3.8, 4) is 0 Å². The Morgan fingerprint density at radius 3 is 2.36 bits per heavy atom. The Kier molecular flexibility index (Phi) is 5.93. The molecule has 0 unspecified atom stereocenters. The number of allylic oxidation sites excluding steroid dienone is 2. The smallest absolute Gasteiger partial charge is 0.326 e. The molecule has 0 aromatic heterocycles. The summed E-state index contributed by atoms with van der Waals surface area (Å²) in [7, 11) is 0. The number of aliphatic carboxylic acids is 1. The summed E-state index contributed by atoms with van der Waals surface area (Å²) in [6.45, 7) is 1.82. The molecule has 0 amide bonds. The number of carboxylic acid groups (broad SMARTS) is 1. The second-order valence-electron chi connectivity index (χ2n) is 5.27. The van der Waals surface area contributed by atoms with E-state index < -0.39 is 29.5 Å². The Morgan fingerprint density at radius 1 is 1.20 bits per heavy atom. The van der Waals surface area contributed by atoms with E-state index in [0.29, 0.717) is 0 Å². The fraction of sp³-hybridized carbons (Fsp3) is 0.294. The van der Waals surface area contributed by atoms with E-state index in [1.54, 1.807) is 19.1 Å². The second-order valence-corrected chi connectivity index (χ2v) is 5.65. The number of carboxylic acids is 1. The van der Waals surface area contributed by atoms with Crippen LogP contribution >= 0.6 is 11.6 Å². The first-order chi connectivity index (χ1) is 11.9. The lowest BCUT2D eigenvalue weighted by molar-refractivity contribution is -0.144. The van der Waals surface area contributed by atoms with Crippen molar-refractivity contribution in [2.75, 3.05) is 6.61 Å². The van der Waals surface area contributed by atoms with Crippen LogP contribution in [0.5, 0.6) is 0 Å². The van der Waals surface area contributed by atoms with Crippen molar-refractivity contribution in [3.05, 3.63) is 46.1 Å². The topological polar surface area (TPSA) is 110 Å². The van der Waals surface area contributed by atoms with Gasteiger partial charge in [0.25, 0.3) is 0 Å². The average Bonchev–Trinajstić information content (AvgIpc) is 2.59. The SMILES string of the molecule is CCOC(=O)CC[C@H](NC1=C(Cl)C(=O)c2ccccc2C1=O)C(=O)O. The van der Waals surface area contributed by atoms with Gasteiger partial charge in [0.2, 0.25) is 11.6 Å². The van der Waals surface area contributed by atoms with Crippen LogP contribution < -0.4 is 5.32 Å². The van der Waals surface area contributed by atoms with E-state index in [1.807, 2.05) is 0 Å². The van der Waals surface area contributed by atoms with Gasteiger partial charge >= 0.3 is 11.9 Å². The third-order valence-electron chi connectivity index (χ3n) is 3.62. The van der Waals surface area contributed by atoms with E-state index >= 15 is 0 Å². The van der Waals surface area contributed by atoms with Gasteiger partial charge in [0.15, 0.2) is 0 Å². The maximum Gasteiger partial charge on any atom is 0.326 e. The van der Waals surface area contributed by atoms with E-state index in [9.17, 15) is 24.3 Å². The number of hydrogen-bond donors (Lipinski definition) is 2. The van der Waals surface area contributed by atoms with Crippen LogP contribution in [0.1, 0.15) is 40.5 Å². The largest absolute Gasteiger partial charge is 0.480 e. The summed E-state index contributed by atoms with van der Waals surface area (Å²) in [6, 6.07) is 4.87.